The number of nitrogens with one attached hydrogen (secondary N) is 2. The smallest absolute Gasteiger partial charge is 0.407 e. The fourth-order valence-corrected chi connectivity index (χ4v) is 2.78. The molecule has 5 atom stereocenters. The quantitative estimate of drug-likeness (QED) is 0.186. The minimum atomic E-state index is -1.34. The van der Waals surface area contributed by atoms with Crippen molar-refractivity contribution in [3.8, 4) is 0 Å². The lowest BCUT2D eigenvalue weighted by Crippen LogP contribution is -2.63. The average Bonchev–Trinajstić information content (AvgIpc) is 2.62. The van der Waals surface area contributed by atoms with Gasteiger partial charge in [-0.1, -0.05) is 25.3 Å². The molecule has 0 spiro atoms. The third kappa shape index (κ3) is 6.46. The molecule has 1 aliphatic rings. The molecule has 0 aromatic heterocycles. The number of alkyl carbamates (subject to hydrolysis) is 1. The zero-order chi connectivity index (χ0) is 21.3. The van der Waals surface area contributed by atoms with Gasteiger partial charge in [-0.3, -0.25) is 14.4 Å². The van der Waals surface area contributed by atoms with E-state index in [2.05, 4.69) is 23.8 Å². The summed E-state index contributed by atoms with van der Waals surface area (Å²) in [6, 6.07) is -1.92. The highest BCUT2D eigenvalue weighted by molar-refractivity contribution is 5.93. The second-order valence-electron chi connectivity index (χ2n) is 6.37. The van der Waals surface area contributed by atoms with Gasteiger partial charge in [0.25, 0.3) is 0 Å². The zero-order valence-corrected chi connectivity index (χ0v) is 15.8. The Morgan fingerprint density at radius 3 is 2.43 bits per heavy atom. The van der Waals surface area contributed by atoms with Crippen molar-refractivity contribution in [3.05, 3.63) is 25.3 Å². The van der Waals surface area contributed by atoms with Crippen LogP contribution in [0.2, 0.25) is 0 Å². The highest BCUT2D eigenvalue weighted by Crippen LogP contribution is 2.24. The third-order valence-electron chi connectivity index (χ3n) is 4.27. The van der Waals surface area contributed by atoms with Gasteiger partial charge >= 0.3 is 12.1 Å². The largest absolute Gasteiger partial charge is 0.460 e. The molecule has 0 bridgehead atoms. The molecule has 2 unspecified atom stereocenters. The molecule has 5 N–H and O–H groups in total. The van der Waals surface area contributed by atoms with Gasteiger partial charge in [-0.2, -0.15) is 0 Å². The molecule has 156 valence electrons. The maximum atomic E-state index is 12.7. The number of hydrogen-bond donors (Lipinski definition) is 4. The van der Waals surface area contributed by atoms with Gasteiger partial charge in [-0.15, -0.1) is 0 Å². The van der Waals surface area contributed by atoms with Crippen LogP contribution in [0.3, 0.4) is 0 Å². The van der Waals surface area contributed by atoms with Gasteiger partial charge in [0.2, 0.25) is 5.91 Å². The first-order chi connectivity index (χ1) is 13.2. The summed E-state index contributed by atoms with van der Waals surface area (Å²) in [5, 5.41) is 14.6. The highest BCUT2D eigenvalue weighted by atomic mass is 16.5. The number of ether oxygens (including phenoxy) is 2. The number of esters is 1. The first kappa shape index (κ1) is 23.3. The Kier molecular flexibility index (Phi) is 9.33. The molecule has 0 saturated carbocycles. The van der Waals surface area contributed by atoms with Crippen LogP contribution in [0.25, 0.3) is 0 Å². The molecule has 1 saturated heterocycles. The topological polar surface area (TPSA) is 157 Å². The van der Waals surface area contributed by atoms with Crippen molar-refractivity contribution in [2.45, 2.75) is 31.5 Å². The number of hydrogen-bond acceptors (Lipinski definition) is 8. The number of β-lactam (4-membered cyclic amide) rings is 1. The standard InChI is InChI=1S/C18H27N3O7/c1-4-6-27-17(25)15(19)11(9-20-18(26)28-7-5-2)13(23)8-12-14(10(3)22)16(24)21-12/h4-5,10-12,14-15,22H,1-2,6-9,19H2,3H3,(H,20,26)(H,21,24)/t10-,11?,12-,14-,15?/m1/s1. The van der Waals surface area contributed by atoms with Crippen LogP contribution in [0.5, 0.6) is 0 Å². The first-order valence-electron chi connectivity index (χ1n) is 8.78. The van der Waals surface area contributed by atoms with Crippen molar-refractivity contribution in [1.82, 2.24) is 10.6 Å². The average molecular weight is 397 g/mol. The van der Waals surface area contributed by atoms with E-state index in [0.717, 1.165) is 0 Å². The van der Waals surface area contributed by atoms with Crippen molar-refractivity contribution in [2.75, 3.05) is 19.8 Å². The van der Waals surface area contributed by atoms with E-state index in [-0.39, 0.29) is 32.1 Å². The van der Waals surface area contributed by atoms with Crippen molar-refractivity contribution < 1.29 is 33.8 Å². The van der Waals surface area contributed by atoms with Gasteiger partial charge in [-0.05, 0) is 6.92 Å². The van der Waals surface area contributed by atoms with Gasteiger partial charge in [-0.25, -0.2) is 4.79 Å². The Bertz CT molecular complexity index is 620. The van der Waals surface area contributed by atoms with Crippen molar-refractivity contribution in [1.29, 1.82) is 0 Å². The first-order valence-corrected chi connectivity index (χ1v) is 8.78. The minimum absolute atomic E-state index is 0.0257. The molecule has 10 nitrogen and oxygen atoms in total. The summed E-state index contributed by atoms with van der Waals surface area (Å²) in [7, 11) is 0. The van der Waals surface area contributed by atoms with E-state index < -0.39 is 47.9 Å². The predicted molar refractivity (Wildman–Crippen MR) is 98.9 cm³/mol. The molecule has 28 heavy (non-hydrogen) atoms. The Labute approximate surface area is 163 Å². The summed E-state index contributed by atoms with van der Waals surface area (Å²) in [6.45, 7) is 7.91. The molecule has 1 heterocycles. The number of carbonyl (C=O) groups is 4. The van der Waals surface area contributed by atoms with Crippen LogP contribution in [0, 0.1) is 11.8 Å². The van der Waals surface area contributed by atoms with Crippen LogP contribution in [-0.2, 0) is 23.9 Å². The lowest BCUT2D eigenvalue weighted by atomic mass is 9.80. The van der Waals surface area contributed by atoms with E-state index in [1.165, 1.54) is 19.1 Å². The molecule has 1 fully saturated rings. The molecule has 2 amide bonds. The second-order valence-corrected chi connectivity index (χ2v) is 6.37. The Hall–Kier alpha value is -2.72. The number of ketones is 1. The molecule has 10 heteroatoms. The summed E-state index contributed by atoms with van der Waals surface area (Å²) in [5.74, 6) is -3.49. The SMILES string of the molecule is C=CCOC(=O)NCC(C(=O)C[C@H]1NC(=O)[C@@H]1[C@@H](C)O)C(N)C(=O)OCC=C. The van der Waals surface area contributed by atoms with Gasteiger partial charge in [0.15, 0.2) is 0 Å². The number of aliphatic hydroxyl groups excluding tert-OH is 1. The maximum Gasteiger partial charge on any atom is 0.407 e. The van der Waals surface area contributed by atoms with E-state index in [0.29, 0.717) is 0 Å². The van der Waals surface area contributed by atoms with Gasteiger partial charge in [0.05, 0.1) is 17.9 Å². The van der Waals surface area contributed by atoms with Crippen LogP contribution in [-0.4, -0.2) is 66.8 Å². The fraction of sp³-hybridized carbons (Fsp3) is 0.556. The summed E-state index contributed by atoms with van der Waals surface area (Å²) < 4.78 is 9.64. The fourth-order valence-electron chi connectivity index (χ4n) is 2.78. The Morgan fingerprint density at radius 1 is 1.29 bits per heavy atom. The van der Waals surface area contributed by atoms with E-state index in [1.807, 2.05) is 0 Å². The predicted octanol–water partition coefficient (Wildman–Crippen LogP) is -0.974. The normalized spacial score (nSPS) is 21.2. The lowest BCUT2D eigenvalue weighted by molar-refractivity contribution is -0.149. The molecule has 1 rings (SSSR count). The molecular formula is C18H27N3O7. The number of carbonyl (C=O) groups excluding carboxylic acids is 4. The number of nitrogens with two attached hydrogens (primary N) is 1. The van der Waals surface area contributed by atoms with Crippen LogP contribution in [0.4, 0.5) is 4.79 Å². The lowest BCUT2D eigenvalue weighted by Gasteiger charge is -2.39. The van der Waals surface area contributed by atoms with Crippen LogP contribution in [0.15, 0.2) is 25.3 Å². The molecule has 1 aliphatic heterocycles. The second kappa shape index (κ2) is 11.2. The van der Waals surface area contributed by atoms with Crippen LogP contribution in [0.1, 0.15) is 13.3 Å². The number of Topliss-reactive ketones (excluding diaryl/α,β-unsaturated/α-hetero) is 1. The van der Waals surface area contributed by atoms with Gasteiger partial charge in [0, 0.05) is 19.0 Å². The van der Waals surface area contributed by atoms with Crippen molar-refractivity contribution >= 4 is 23.8 Å². The highest BCUT2D eigenvalue weighted by Gasteiger charge is 2.45. The zero-order valence-electron chi connectivity index (χ0n) is 15.8. The van der Waals surface area contributed by atoms with Gasteiger partial charge < -0.3 is 30.9 Å². The minimum Gasteiger partial charge on any atom is -0.460 e. The van der Waals surface area contributed by atoms with Crippen molar-refractivity contribution in [2.24, 2.45) is 17.6 Å². The number of amides is 2. The maximum absolute atomic E-state index is 12.7. The summed E-state index contributed by atoms with van der Waals surface area (Å²) in [6.07, 6.45) is 0.837. The van der Waals surface area contributed by atoms with E-state index in [4.69, 9.17) is 15.2 Å². The van der Waals surface area contributed by atoms with Crippen LogP contribution >= 0.6 is 0 Å². The molecule has 0 aromatic carbocycles. The third-order valence-corrected chi connectivity index (χ3v) is 4.27. The summed E-state index contributed by atoms with van der Waals surface area (Å²) >= 11 is 0. The monoisotopic (exact) mass is 397 g/mol. The number of rotatable bonds is 12. The molecular weight excluding hydrogens is 370 g/mol. The van der Waals surface area contributed by atoms with Crippen molar-refractivity contribution in [3.63, 3.8) is 0 Å². The van der Waals surface area contributed by atoms with E-state index in [9.17, 15) is 24.3 Å². The Morgan fingerprint density at radius 2 is 1.89 bits per heavy atom. The summed E-state index contributed by atoms with van der Waals surface area (Å²) in [5.41, 5.74) is 5.87. The van der Waals surface area contributed by atoms with E-state index >= 15 is 0 Å². The molecule has 0 aliphatic carbocycles. The molecule has 0 aromatic rings. The Balaban J connectivity index is 2.80. The van der Waals surface area contributed by atoms with Crippen LogP contribution < -0.4 is 16.4 Å². The number of aliphatic hydroxyl groups is 1. The van der Waals surface area contributed by atoms with Gasteiger partial charge in [0.1, 0.15) is 25.0 Å². The van der Waals surface area contributed by atoms with E-state index in [1.54, 1.807) is 0 Å². The summed E-state index contributed by atoms with van der Waals surface area (Å²) in [4.78, 5) is 47.9. The molecule has 0 radical (unpaired) electrons.